The summed E-state index contributed by atoms with van der Waals surface area (Å²) in [6, 6.07) is 7.28. The van der Waals surface area contributed by atoms with Crippen molar-refractivity contribution < 1.29 is 14.3 Å². The van der Waals surface area contributed by atoms with Gasteiger partial charge in [-0.25, -0.2) is 0 Å². The molecule has 0 spiro atoms. The van der Waals surface area contributed by atoms with Gasteiger partial charge in [-0.15, -0.1) is 10.2 Å². The Labute approximate surface area is 166 Å². The molecule has 0 aliphatic carbocycles. The van der Waals surface area contributed by atoms with Gasteiger partial charge in [0, 0.05) is 31.0 Å². The van der Waals surface area contributed by atoms with Crippen LogP contribution < -0.4 is 14.8 Å². The lowest BCUT2D eigenvalue weighted by Crippen LogP contribution is -2.14. The summed E-state index contributed by atoms with van der Waals surface area (Å²) in [6.07, 6.45) is 0. The smallest absolute Gasteiger partial charge is 0.234 e. The third-order valence-electron chi connectivity index (χ3n) is 4.36. The zero-order chi connectivity index (χ0) is 19.7. The number of amides is 1. The number of ether oxygens (including phenoxy) is 2. The molecule has 28 heavy (non-hydrogen) atoms. The highest BCUT2D eigenvalue weighted by molar-refractivity contribution is 7.99. The first-order valence-corrected chi connectivity index (χ1v) is 9.80. The van der Waals surface area contributed by atoms with Crippen molar-refractivity contribution in [3.8, 4) is 23.0 Å². The van der Waals surface area contributed by atoms with E-state index in [-0.39, 0.29) is 18.5 Å². The number of anilines is 1. The number of carbonyl (C=O) groups excluding carboxylic acids is 1. The van der Waals surface area contributed by atoms with E-state index in [1.54, 1.807) is 22.9 Å². The van der Waals surface area contributed by atoms with Crippen molar-refractivity contribution in [2.75, 3.05) is 17.9 Å². The summed E-state index contributed by atoms with van der Waals surface area (Å²) in [4.78, 5) is 12.3. The molecule has 1 aliphatic rings. The van der Waals surface area contributed by atoms with E-state index < -0.39 is 0 Å². The predicted molar refractivity (Wildman–Crippen MR) is 105 cm³/mol. The molecular weight excluding hydrogens is 380 g/mol. The highest BCUT2D eigenvalue weighted by Gasteiger charge is 2.18. The van der Waals surface area contributed by atoms with Gasteiger partial charge in [-0.05, 0) is 32.0 Å². The van der Waals surface area contributed by atoms with E-state index in [1.807, 2.05) is 31.5 Å². The Kier molecular flexibility index (Phi) is 4.95. The van der Waals surface area contributed by atoms with Crippen LogP contribution in [-0.2, 0) is 18.4 Å². The van der Waals surface area contributed by atoms with Crippen molar-refractivity contribution in [2.24, 2.45) is 7.05 Å². The quantitative estimate of drug-likeness (QED) is 0.635. The lowest BCUT2D eigenvalue weighted by molar-refractivity contribution is -0.113. The van der Waals surface area contributed by atoms with E-state index >= 15 is 0 Å². The summed E-state index contributed by atoms with van der Waals surface area (Å²) in [7, 11) is 1.89. The van der Waals surface area contributed by atoms with Gasteiger partial charge in [0.25, 0.3) is 0 Å². The first-order chi connectivity index (χ1) is 13.5. The molecule has 1 amide bonds. The minimum atomic E-state index is -0.134. The van der Waals surface area contributed by atoms with Gasteiger partial charge in [0.2, 0.25) is 12.7 Å². The Balaban J connectivity index is 1.42. The number of nitrogens with one attached hydrogen (secondary N) is 1. The Morgan fingerprint density at radius 3 is 2.82 bits per heavy atom. The Morgan fingerprint density at radius 2 is 2.07 bits per heavy atom. The fourth-order valence-corrected chi connectivity index (χ4v) is 3.64. The number of fused-ring (bicyclic) bond motifs is 1. The second kappa shape index (κ2) is 7.55. The number of hydrogen-bond acceptors (Lipinski definition) is 7. The number of nitrogens with zero attached hydrogens (tertiary/aromatic N) is 5. The van der Waals surface area contributed by atoms with Crippen LogP contribution in [0.2, 0.25) is 0 Å². The highest BCUT2D eigenvalue weighted by Crippen LogP contribution is 2.34. The number of aromatic nitrogens is 5. The molecule has 4 rings (SSSR count). The van der Waals surface area contributed by atoms with Gasteiger partial charge in [0.15, 0.2) is 22.5 Å². The van der Waals surface area contributed by atoms with Crippen LogP contribution in [0.4, 0.5) is 5.69 Å². The maximum Gasteiger partial charge on any atom is 0.234 e. The van der Waals surface area contributed by atoms with Crippen LogP contribution in [0, 0.1) is 6.92 Å². The Hall–Kier alpha value is -3.01. The van der Waals surface area contributed by atoms with E-state index in [1.165, 1.54) is 11.8 Å². The van der Waals surface area contributed by atoms with Crippen LogP contribution >= 0.6 is 11.8 Å². The standard InChI is InChI=1S/C18H20N6O3S/c1-4-24-17(13-7-11(2)23(3)22-13)20-21-18(24)28-9-16(25)19-12-5-6-14-15(8-12)27-10-26-14/h5-8H,4,9-10H2,1-3H3,(H,19,25). The van der Waals surface area contributed by atoms with E-state index in [0.717, 1.165) is 11.4 Å². The zero-order valence-electron chi connectivity index (χ0n) is 15.8. The van der Waals surface area contributed by atoms with Crippen molar-refractivity contribution in [3.63, 3.8) is 0 Å². The molecule has 1 N–H and O–H groups in total. The molecule has 9 nitrogen and oxygen atoms in total. The molecule has 1 aromatic carbocycles. The van der Waals surface area contributed by atoms with Gasteiger partial charge in [0.05, 0.1) is 5.75 Å². The highest BCUT2D eigenvalue weighted by atomic mass is 32.2. The number of aryl methyl sites for hydroxylation is 2. The maximum absolute atomic E-state index is 12.3. The van der Waals surface area contributed by atoms with E-state index in [4.69, 9.17) is 9.47 Å². The molecule has 2 aromatic heterocycles. The average Bonchev–Trinajstić information content (AvgIpc) is 3.38. The predicted octanol–water partition coefficient (Wildman–Crippen LogP) is 2.47. The maximum atomic E-state index is 12.3. The Bertz CT molecular complexity index is 1010. The summed E-state index contributed by atoms with van der Waals surface area (Å²) < 4.78 is 14.4. The number of carbonyl (C=O) groups is 1. The van der Waals surface area contributed by atoms with Crippen LogP contribution in [0.3, 0.4) is 0 Å². The van der Waals surface area contributed by atoms with Gasteiger partial charge < -0.3 is 19.4 Å². The molecule has 0 radical (unpaired) electrons. The van der Waals surface area contributed by atoms with Crippen molar-refractivity contribution in [3.05, 3.63) is 30.0 Å². The molecule has 0 saturated heterocycles. The summed E-state index contributed by atoms with van der Waals surface area (Å²) in [5.74, 6) is 2.09. The van der Waals surface area contributed by atoms with Gasteiger partial charge in [-0.2, -0.15) is 5.10 Å². The minimum Gasteiger partial charge on any atom is -0.454 e. The van der Waals surface area contributed by atoms with E-state index in [9.17, 15) is 4.79 Å². The fraction of sp³-hybridized carbons (Fsp3) is 0.333. The molecule has 0 atom stereocenters. The van der Waals surface area contributed by atoms with E-state index in [0.29, 0.717) is 34.7 Å². The number of rotatable bonds is 6. The molecule has 0 unspecified atom stereocenters. The molecule has 10 heteroatoms. The van der Waals surface area contributed by atoms with Crippen LogP contribution in [0.1, 0.15) is 12.6 Å². The van der Waals surface area contributed by atoms with Gasteiger partial charge >= 0.3 is 0 Å². The van der Waals surface area contributed by atoms with Crippen molar-refractivity contribution in [1.82, 2.24) is 24.5 Å². The lowest BCUT2D eigenvalue weighted by atomic mass is 10.3. The second-order valence-electron chi connectivity index (χ2n) is 6.25. The normalized spacial score (nSPS) is 12.4. The fourth-order valence-electron chi connectivity index (χ4n) is 2.84. The lowest BCUT2D eigenvalue weighted by Gasteiger charge is -2.07. The molecule has 1 aliphatic heterocycles. The SMILES string of the molecule is CCn1c(SCC(=O)Nc2ccc3c(c2)OCO3)nnc1-c1cc(C)n(C)n1. The molecule has 0 saturated carbocycles. The van der Waals surface area contributed by atoms with Crippen LogP contribution in [0.15, 0.2) is 29.4 Å². The summed E-state index contributed by atoms with van der Waals surface area (Å²) in [6.45, 7) is 4.89. The zero-order valence-corrected chi connectivity index (χ0v) is 16.6. The van der Waals surface area contributed by atoms with Gasteiger partial charge in [-0.1, -0.05) is 11.8 Å². The van der Waals surface area contributed by atoms with Crippen molar-refractivity contribution >= 4 is 23.4 Å². The third kappa shape index (κ3) is 3.55. The minimum absolute atomic E-state index is 0.134. The summed E-state index contributed by atoms with van der Waals surface area (Å²) >= 11 is 1.34. The number of hydrogen-bond donors (Lipinski definition) is 1. The van der Waals surface area contributed by atoms with Crippen LogP contribution in [0.5, 0.6) is 11.5 Å². The Morgan fingerprint density at radius 1 is 1.25 bits per heavy atom. The van der Waals surface area contributed by atoms with E-state index in [2.05, 4.69) is 20.6 Å². The number of benzene rings is 1. The molecule has 3 heterocycles. The number of thioether (sulfide) groups is 1. The average molecular weight is 400 g/mol. The first-order valence-electron chi connectivity index (χ1n) is 8.81. The van der Waals surface area contributed by atoms with Gasteiger partial charge in [-0.3, -0.25) is 9.48 Å². The monoisotopic (exact) mass is 400 g/mol. The summed E-state index contributed by atoms with van der Waals surface area (Å²) in [5, 5.41) is 16.5. The molecule has 146 valence electrons. The van der Waals surface area contributed by atoms with Crippen molar-refractivity contribution in [2.45, 2.75) is 25.5 Å². The molecule has 0 bridgehead atoms. The molecular formula is C18H20N6O3S. The van der Waals surface area contributed by atoms with Crippen molar-refractivity contribution in [1.29, 1.82) is 0 Å². The largest absolute Gasteiger partial charge is 0.454 e. The van der Waals surface area contributed by atoms with Crippen LogP contribution in [0.25, 0.3) is 11.5 Å². The second-order valence-corrected chi connectivity index (χ2v) is 7.19. The van der Waals surface area contributed by atoms with Crippen LogP contribution in [-0.4, -0.2) is 43.0 Å². The first kappa shape index (κ1) is 18.4. The summed E-state index contributed by atoms with van der Waals surface area (Å²) in [5.41, 5.74) is 2.47. The molecule has 3 aromatic rings. The third-order valence-corrected chi connectivity index (χ3v) is 5.33. The topological polar surface area (TPSA) is 96.1 Å². The molecule has 0 fully saturated rings. The van der Waals surface area contributed by atoms with Gasteiger partial charge in [0.1, 0.15) is 5.69 Å².